The molecule has 0 saturated heterocycles. The van der Waals surface area contributed by atoms with E-state index < -0.39 is 0 Å². The first kappa shape index (κ1) is 14.2. The topological polar surface area (TPSA) is 25.2 Å². The molecular weight excluding hydrogens is 282 g/mol. The first-order valence-electron chi connectivity index (χ1n) is 7.18. The molecule has 0 amide bonds. The minimum Gasteiger partial charge on any atom is -0.456 e. The number of halogens is 1. The van der Waals surface area contributed by atoms with E-state index in [0.717, 1.165) is 33.7 Å². The van der Waals surface area contributed by atoms with Crippen molar-refractivity contribution in [3.63, 3.8) is 0 Å². The Morgan fingerprint density at radius 3 is 2.76 bits per heavy atom. The summed E-state index contributed by atoms with van der Waals surface area (Å²) in [7, 11) is 1.99. The van der Waals surface area contributed by atoms with Crippen LogP contribution in [0.3, 0.4) is 0 Å². The van der Waals surface area contributed by atoms with Crippen LogP contribution in [0.5, 0.6) is 0 Å². The maximum atomic E-state index is 6.03. The van der Waals surface area contributed by atoms with Crippen LogP contribution in [-0.2, 0) is 0 Å². The van der Waals surface area contributed by atoms with Gasteiger partial charge in [0, 0.05) is 22.0 Å². The summed E-state index contributed by atoms with van der Waals surface area (Å²) in [4.78, 5) is 0. The van der Waals surface area contributed by atoms with Crippen molar-refractivity contribution in [3.05, 3.63) is 59.1 Å². The van der Waals surface area contributed by atoms with Crippen molar-refractivity contribution in [1.29, 1.82) is 0 Å². The van der Waals surface area contributed by atoms with Gasteiger partial charge in [0.2, 0.25) is 0 Å². The quantitative estimate of drug-likeness (QED) is 0.695. The lowest BCUT2D eigenvalue weighted by molar-refractivity contribution is 0.576. The smallest absolute Gasteiger partial charge is 0.135 e. The molecule has 0 aliphatic carbocycles. The fraction of sp³-hybridized carbons (Fsp3) is 0.222. The number of benzene rings is 2. The second-order valence-corrected chi connectivity index (χ2v) is 5.60. The zero-order valence-corrected chi connectivity index (χ0v) is 12.9. The molecule has 1 atom stereocenters. The maximum Gasteiger partial charge on any atom is 0.135 e. The van der Waals surface area contributed by atoms with Gasteiger partial charge in [-0.25, -0.2) is 0 Å². The van der Waals surface area contributed by atoms with Crippen LogP contribution in [0, 0.1) is 0 Å². The fourth-order valence-electron chi connectivity index (χ4n) is 2.67. The Labute approximate surface area is 129 Å². The molecule has 0 radical (unpaired) electrons. The predicted octanol–water partition coefficient (Wildman–Crippen LogP) is 5.42. The summed E-state index contributed by atoms with van der Waals surface area (Å²) in [6, 6.07) is 16.6. The summed E-state index contributed by atoms with van der Waals surface area (Å²) >= 11 is 6.03. The van der Waals surface area contributed by atoms with Gasteiger partial charge >= 0.3 is 0 Å². The van der Waals surface area contributed by atoms with Crippen molar-refractivity contribution in [2.24, 2.45) is 0 Å². The highest BCUT2D eigenvalue weighted by molar-refractivity contribution is 6.31. The van der Waals surface area contributed by atoms with E-state index in [0.29, 0.717) is 6.04 Å². The van der Waals surface area contributed by atoms with Crippen LogP contribution >= 0.6 is 11.6 Å². The lowest BCUT2D eigenvalue weighted by Crippen LogP contribution is -2.14. The van der Waals surface area contributed by atoms with Gasteiger partial charge < -0.3 is 9.73 Å². The molecule has 0 aliphatic heterocycles. The van der Waals surface area contributed by atoms with Crippen LogP contribution in [0.2, 0.25) is 5.02 Å². The molecule has 108 valence electrons. The second-order valence-electron chi connectivity index (χ2n) is 5.17. The van der Waals surface area contributed by atoms with Crippen molar-refractivity contribution in [2.75, 3.05) is 7.05 Å². The van der Waals surface area contributed by atoms with E-state index in [2.05, 4.69) is 36.5 Å². The molecule has 3 heteroatoms. The molecule has 0 aliphatic rings. The van der Waals surface area contributed by atoms with E-state index in [1.165, 1.54) is 5.56 Å². The Bertz CT molecular complexity index is 759. The summed E-state index contributed by atoms with van der Waals surface area (Å²) in [5, 5.41) is 5.09. The van der Waals surface area contributed by atoms with Gasteiger partial charge in [-0.2, -0.15) is 0 Å². The van der Waals surface area contributed by atoms with E-state index in [4.69, 9.17) is 16.0 Å². The molecule has 3 aromatic rings. The van der Waals surface area contributed by atoms with Gasteiger partial charge in [0.05, 0.1) is 0 Å². The maximum absolute atomic E-state index is 6.03. The van der Waals surface area contributed by atoms with Crippen LogP contribution < -0.4 is 5.32 Å². The molecular formula is C18H18ClNO. The molecule has 1 heterocycles. The minimum absolute atomic E-state index is 0.365. The van der Waals surface area contributed by atoms with Gasteiger partial charge in [-0.15, -0.1) is 0 Å². The SMILES string of the molecule is CCC(NC)c1cccc(-c2cc3cc(Cl)ccc3o2)c1. The Balaban J connectivity index is 2.03. The van der Waals surface area contributed by atoms with Crippen molar-refractivity contribution in [3.8, 4) is 11.3 Å². The lowest BCUT2D eigenvalue weighted by atomic mass is 10.0. The average molecular weight is 300 g/mol. The third-order valence-corrected chi connectivity index (χ3v) is 4.04. The molecule has 1 aromatic heterocycles. The van der Waals surface area contributed by atoms with Crippen molar-refractivity contribution >= 4 is 22.6 Å². The Morgan fingerprint density at radius 2 is 2.00 bits per heavy atom. The highest BCUT2D eigenvalue weighted by atomic mass is 35.5. The van der Waals surface area contributed by atoms with Crippen LogP contribution in [0.15, 0.2) is 52.9 Å². The standard InChI is InChI=1S/C18H18ClNO/c1-3-16(20-2)12-5-4-6-13(9-12)18-11-14-10-15(19)7-8-17(14)21-18/h4-11,16,20H,3H2,1-2H3. The summed E-state index contributed by atoms with van der Waals surface area (Å²) in [5.74, 6) is 0.875. The highest BCUT2D eigenvalue weighted by Gasteiger charge is 2.10. The Hall–Kier alpha value is -1.77. The molecule has 21 heavy (non-hydrogen) atoms. The first-order valence-corrected chi connectivity index (χ1v) is 7.55. The monoisotopic (exact) mass is 299 g/mol. The van der Waals surface area contributed by atoms with E-state index in [1.54, 1.807) is 0 Å². The minimum atomic E-state index is 0.365. The van der Waals surface area contributed by atoms with E-state index in [-0.39, 0.29) is 0 Å². The lowest BCUT2D eigenvalue weighted by Gasteiger charge is -2.14. The van der Waals surface area contributed by atoms with Crippen LogP contribution in [0.1, 0.15) is 24.9 Å². The third-order valence-electron chi connectivity index (χ3n) is 3.81. The average Bonchev–Trinajstić information content (AvgIpc) is 2.92. The molecule has 2 nitrogen and oxygen atoms in total. The molecule has 1 unspecified atom stereocenters. The Morgan fingerprint density at radius 1 is 1.14 bits per heavy atom. The van der Waals surface area contributed by atoms with Crippen LogP contribution in [0.25, 0.3) is 22.3 Å². The largest absolute Gasteiger partial charge is 0.456 e. The fourth-order valence-corrected chi connectivity index (χ4v) is 2.85. The number of hydrogen-bond donors (Lipinski definition) is 1. The Kier molecular flexibility index (Phi) is 4.00. The molecule has 0 bridgehead atoms. The summed E-state index contributed by atoms with van der Waals surface area (Å²) in [5.41, 5.74) is 3.23. The number of furan rings is 1. The first-order chi connectivity index (χ1) is 10.2. The third kappa shape index (κ3) is 2.82. The highest BCUT2D eigenvalue weighted by Crippen LogP contribution is 2.31. The number of fused-ring (bicyclic) bond motifs is 1. The van der Waals surface area contributed by atoms with Crippen molar-refractivity contribution in [2.45, 2.75) is 19.4 Å². The molecule has 0 spiro atoms. The molecule has 0 fully saturated rings. The van der Waals surface area contributed by atoms with Gasteiger partial charge in [-0.3, -0.25) is 0 Å². The second kappa shape index (κ2) is 5.92. The molecule has 2 aromatic carbocycles. The van der Waals surface area contributed by atoms with E-state index in [1.807, 2.05) is 31.3 Å². The summed E-state index contributed by atoms with van der Waals surface area (Å²) in [6.07, 6.45) is 1.05. The van der Waals surface area contributed by atoms with Crippen LogP contribution in [-0.4, -0.2) is 7.05 Å². The van der Waals surface area contributed by atoms with Crippen molar-refractivity contribution < 1.29 is 4.42 Å². The van der Waals surface area contributed by atoms with Gasteiger partial charge in [0.15, 0.2) is 0 Å². The predicted molar refractivity (Wildman–Crippen MR) is 88.8 cm³/mol. The van der Waals surface area contributed by atoms with E-state index in [9.17, 15) is 0 Å². The van der Waals surface area contributed by atoms with Gasteiger partial charge in [-0.1, -0.05) is 36.7 Å². The zero-order chi connectivity index (χ0) is 14.8. The summed E-state index contributed by atoms with van der Waals surface area (Å²) in [6.45, 7) is 2.18. The molecule has 1 N–H and O–H groups in total. The summed E-state index contributed by atoms with van der Waals surface area (Å²) < 4.78 is 5.93. The normalized spacial score (nSPS) is 12.7. The number of rotatable bonds is 4. The van der Waals surface area contributed by atoms with Gasteiger partial charge in [0.25, 0.3) is 0 Å². The zero-order valence-electron chi connectivity index (χ0n) is 12.2. The van der Waals surface area contributed by atoms with Crippen LogP contribution in [0.4, 0.5) is 0 Å². The van der Waals surface area contributed by atoms with E-state index >= 15 is 0 Å². The molecule has 0 saturated carbocycles. The number of nitrogens with one attached hydrogen (secondary N) is 1. The van der Waals surface area contributed by atoms with Gasteiger partial charge in [-0.05, 0) is 49.4 Å². The van der Waals surface area contributed by atoms with Gasteiger partial charge in [0.1, 0.15) is 11.3 Å². The molecule has 3 rings (SSSR count). The van der Waals surface area contributed by atoms with Crippen molar-refractivity contribution in [1.82, 2.24) is 5.32 Å². The number of hydrogen-bond acceptors (Lipinski definition) is 2.